The lowest BCUT2D eigenvalue weighted by Gasteiger charge is -2.22. The topological polar surface area (TPSA) is 82.5 Å². The smallest absolute Gasteiger partial charge is 0.339 e. The van der Waals surface area contributed by atoms with Crippen LogP contribution in [0.2, 0.25) is 0 Å². The molecule has 1 aromatic heterocycles. The number of hydrogen-bond acceptors (Lipinski definition) is 4. The molecule has 0 radical (unpaired) electrons. The SMILES string of the molecule is CCNC(=O)CN(CC)c1ncc(Br)cc1C(=O)O. The van der Waals surface area contributed by atoms with Gasteiger partial charge in [0.25, 0.3) is 0 Å². The lowest BCUT2D eigenvalue weighted by atomic mass is 10.2. The molecule has 0 atom stereocenters. The van der Waals surface area contributed by atoms with Crippen LogP contribution in [0.5, 0.6) is 0 Å². The van der Waals surface area contributed by atoms with Crippen LogP contribution in [0, 0.1) is 0 Å². The van der Waals surface area contributed by atoms with E-state index in [1.54, 1.807) is 4.90 Å². The van der Waals surface area contributed by atoms with Crippen molar-refractivity contribution >= 4 is 33.6 Å². The van der Waals surface area contributed by atoms with Gasteiger partial charge in [-0.25, -0.2) is 9.78 Å². The summed E-state index contributed by atoms with van der Waals surface area (Å²) in [5.41, 5.74) is 0.0699. The first kappa shape index (κ1) is 15.4. The van der Waals surface area contributed by atoms with Gasteiger partial charge in [-0.15, -0.1) is 0 Å². The molecule has 19 heavy (non-hydrogen) atoms. The number of pyridine rings is 1. The summed E-state index contributed by atoms with van der Waals surface area (Å²) in [5.74, 6) is -0.937. The number of carbonyl (C=O) groups is 2. The molecule has 0 aliphatic carbocycles. The molecule has 0 bridgehead atoms. The van der Waals surface area contributed by atoms with E-state index in [9.17, 15) is 14.7 Å². The van der Waals surface area contributed by atoms with Crippen molar-refractivity contribution < 1.29 is 14.7 Å². The van der Waals surface area contributed by atoms with Crippen LogP contribution in [-0.4, -0.2) is 41.6 Å². The number of aromatic nitrogens is 1. The van der Waals surface area contributed by atoms with Gasteiger partial charge in [-0.3, -0.25) is 4.79 Å². The molecule has 104 valence electrons. The van der Waals surface area contributed by atoms with Crippen LogP contribution in [0.3, 0.4) is 0 Å². The third-order valence-electron chi connectivity index (χ3n) is 2.45. The number of anilines is 1. The van der Waals surface area contributed by atoms with Gasteiger partial charge in [-0.1, -0.05) is 0 Å². The molecule has 6 nitrogen and oxygen atoms in total. The van der Waals surface area contributed by atoms with Gasteiger partial charge in [0.2, 0.25) is 5.91 Å². The number of carboxylic acids is 1. The molecule has 0 spiro atoms. The summed E-state index contributed by atoms with van der Waals surface area (Å²) in [7, 11) is 0. The van der Waals surface area contributed by atoms with Gasteiger partial charge in [0.15, 0.2) is 0 Å². The Bertz CT molecular complexity index is 479. The van der Waals surface area contributed by atoms with Crippen LogP contribution < -0.4 is 10.2 Å². The third kappa shape index (κ3) is 4.20. The van der Waals surface area contributed by atoms with Crippen molar-refractivity contribution in [2.24, 2.45) is 0 Å². The Kier molecular flexibility index (Phi) is 5.75. The number of aromatic carboxylic acids is 1. The zero-order valence-electron chi connectivity index (χ0n) is 10.8. The van der Waals surface area contributed by atoms with Crippen molar-refractivity contribution in [1.29, 1.82) is 0 Å². The molecular formula is C12H16BrN3O3. The summed E-state index contributed by atoms with van der Waals surface area (Å²) in [6.45, 7) is 4.78. The number of likely N-dealkylation sites (N-methyl/N-ethyl adjacent to an activating group) is 2. The largest absolute Gasteiger partial charge is 0.478 e. The highest BCUT2D eigenvalue weighted by atomic mass is 79.9. The first-order valence-electron chi connectivity index (χ1n) is 5.90. The number of nitrogens with zero attached hydrogens (tertiary/aromatic N) is 2. The summed E-state index contributed by atoms with van der Waals surface area (Å²) >= 11 is 3.19. The van der Waals surface area contributed by atoms with Gasteiger partial charge in [0.1, 0.15) is 11.4 Å². The van der Waals surface area contributed by atoms with Crippen molar-refractivity contribution in [3.8, 4) is 0 Å². The number of carbonyl (C=O) groups excluding carboxylic acids is 1. The van der Waals surface area contributed by atoms with E-state index in [-0.39, 0.29) is 18.0 Å². The fourth-order valence-electron chi connectivity index (χ4n) is 1.60. The molecule has 1 amide bonds. The van der Waals surface area contributed by atoms with Gasteiger partial charge >= 0.3 is 5.97 Å². The monoisotopic (exact) mass is 329 g/mol. The van der Waals surface area contributed by atoms with Crippen LogP contribution >= 0.6 is 15.9 Å². The Hall–Kier alpha value is -1.63. The minimum absolute atomic E-state index is 0.0699. The lowest BCUT2D eigenvalue weighted by Crippen LogP contribution is -2.38. The summed E-state index contributed by atoms with van der Waals surface area (Å²) in [5, 5.41) is 11.9. The normalized spacial score (nSPS) is 10.1. The molecule has 1 rings (SSSR count). The predicted octanol–water partition coefficient (Wildman–Crippen LogP) is 1.50. The van der Waals surface area contributed by atoms with Crippen LogP contribution in [0.25, 0.3) is 0 Å². The first-order chi connectivity index (χ1) is 8.99. The van der Waals surface area contributed by atoms with Crippen molar-refractivity contribution in [1.82, 2.24) is 10.3 Å². The molecule has 2 N–H and O–H groups in total. The number of hydrogen-bond donors (Lipinski definition) is 2. The Labute approximate surface area is 120 Å². The average Bonchev–Trinajstić information content (AvgIpc) is 2.36. The quantitative estimate of drug-likeness (QED) is 0.826. The Balaban J connectivity index is 3.04. The van der Waals surface area contributed by atoms with Gasteiger partial charge in [0, 0.05) is 23.8 Å². The van der Waals surface area contributed by atoms with Gasteiger partial charge < -0.3 is 15.3 Å². The van der Waals surface area contributed by atoms with E-state index in [4.69, 9.17) is 0 Å². The van der Waals surface area contributed by atoms with Crippen molar-refractivity contribution in [3.05, 3.63) is 22.3 Å². The van der Waals surface area contributed by atoms with E-state index in [2.05, 4.69) is 26.2 Å². The maximum absolute atomic E-state index is 11.6. The lowest BCUT2D eigenvalue weighted by molar-refractivity contribution is -0.119. The van der Waals surface area contributed by atoms with E-state index in [1.807, 2.05) is 13.8 Å². The maximum atomic E-state index is 11.6. The highest BCUT2D eigenvalue weighted by molar-refractivity contribution is 9.10. The van der Waals surface area contributed by atoms with Gasteiger partial charge in [-0.05, 0) is 35.8 Å². The standard InChI is InChI=1S/C12H16BrN3O3/c1-3-14-10(17)7-16(4-2)11-9(12(18)19)5-8(13)6-15-11/h5-6H,3-4,7H2,1-2H3,(H,14,17)(H,18,19). The minimum Gasteiger partial charge on any atom is -0.478 e. The molecule has 0 aromatic carbocycles. The fraction of sp³-hybridized carbons (Fsp3) is 0.417. The Morgan fingerprint density at radius 1 is 1.47 bits per heavy atom. The van der Waals surface area contributed by atoms with Crippen LogP contribution in [0.4, 0.5) is 5.82 Å². The van der Waals surface area contributed by atoms with E-state index in [1.165, 1.54) is 12.3 Å². The van der Waals surface area contributed by atoms with Gasteiger partial charge in [0.05, 0.1) is 6.54 Å². The minimum atomic E-state index is -1.07. The Morgan fingerprint density at radius 3 is 2.68 bits per heavy atom. The molecule has 1 aromatic rings. The molecule has 7 heteroatoms. The zero-order valence-corrected chi connectivity index (χ0v) is 12.4. The molecule has 0 fully saturated rings. The third-order valence-corrected chi connectivity index (χ3v) is 2.89. The van der Waals surface area contributed by atoms with E-state index < -0.39 is 5.97 Å². The fourth-order valence-corrected chi connectivity index (χ4v) is 1.94. The second-order valence-electron chi connectivity index (χ2n) is 3.80. The molecule has 0 saturated heterocycles. The number of rotatable bonds is 6. The van der Waals surface area contributed by atoms with E-state index in [0.29, 0.717) is 23.4 Å². The van der Waals surface area contributed by atoms with Crippen molar-refractivity contribution in [2.75, 3.05) is 24.5 Å². The van der Waals surface area contributed by atoms with Gasteiger partial charge in [-0.2, -0.15) is 0 Å². The molecular weight excluding hydrogens is 314 g/mol. The molecule has 1 heterocycles. The number of carboxylic acid groups (broad SMARTS) is 1. The molecule has 0 unspecified atom stereocenters. The summed E-state index contributed by atoms with van der Waals surface area (Å²) < 4.78 is 0.586. The number of halogens is 1. The summed E-state index contributed by atoms with van der Waals surface area (Å²) in [6, 6.07) is 1.48. The highest BCUT2D eigenvalue weighted by Gasteiger charge is 2.19. The number of nitrogens with one attached hydrogen (secondary N) is 1. The van der Waals surface area contributed by atoms with Crippen LogP contribution in [0.15, 0.2) is 16.7 Å². The molecule has 0 aliphatic rings. The van der Waals surface area contributed by atoms with E-state index in [0.717, 1.165) is 0 Å². The second kappa shape index (κ2) is 7.08. The van der Waals surface area contributed by atoms with Crippen molar-refractivity contribution in [2.45, 2.75) is 13.8 Å². The summed E-state index contributed by atoms with van der Waals surface area (Å²) in [4.78, 5) is 28.5. The van der Waals surface area contributed by atoms with Crippen molar-refractivity contribution in [3.63, 3.8) is 0 Å². The predicted molar refractivity (Wildman–Crippen MR) is 75.5 cm³/mol. The summed E-state index contributed by atoms with van der Waals surface area (Å²) in [6.07, 6.45) is 1.52. The van der Waals surface area contributed by atoms with Crippen LogP contribution in [0.1, 0.15) is 24.2 Å². The molecule has 0 aliphatic heterocycles. The highest BCUT2D eigenvalue weighted by Crippen LogP contribution is 2.21. The zero-order chi connectivity index (χ0) is 14.4. The van der Waals surface area contributed by atoms with E-state index >= 15 is 0 Å². The number of amides is 1. The Morgan fingerprint density at radius 2 is 2.16 bits per heavy atom. The average molecular weight is 330 g/mol. The first-order valence-corrected chi connectivity index (χ1v) is 6.69. The van der Waals surface area contributed by atoms with Crippen LogP contribution in [-0.2, 0) is 4.79 Å². The second-order valence-corrected chi connectivity index (χ2v) is 4.71. The molecule has 0 saturated carbocycles. The maximum Gasteiger partial charge on any atom is 0.339 e.